The summed E-state index contributed by atoms with van der Waals surface area (Å²) in [7, 11) is 0. The molecule has 0 radical (unpaired) electrons. The van der Waals surface area contributed by atoms with Gasteiger partial charge in [0.15, 0.2) is 11.4 Å². The third kappa shape index (κ3) is 3.23. The van der Waals surface area contributed by atoms with Crippen molar-refractivity contribution in [3.8, 4) is 0 Å². The first kappa shape index (κ1) is 16.7. The molecule has 2 heterocycles. The van der Waals surface area contributed by atoms with Crippen molar-refractivity contribution in [2.75, 3.05) is 5.32 Å². The largest absolute Gasteiger partial charge is 0.322 e. The van der Waals surface area contributed by atoms with Gasteiger partial charge in [0, 0.05) is 16.9 Å². The highest BCUT2D eigenvalue weighted by Crippen LogP contribution is 2.22. The summed E-state index contributed by atoms with van der Waals surface area (Å²) in [5.41, 5.74) is 1.17. The number of rotatable bonds is 4. The van der Waals surface area contributed by atoms with E-state index in [2.05, 4.69) is 15.4 Å². The van der Waals surface area contributed by atoms with Crippen molar-refractivity contribution >= 4 is 23.0 Å². The number of nitrogens with zero attached hydrogens (tertiary/aromatic N) is 3. The Morgan fingerprint density at radius 3 is 2.48 bits per heavy atom. The Morgan fingerprint density at radius 1 is 1.20 bits per heavy atom. The lowest BCUT2D eigenvalue weighted by Crippen LogP contribution is -2.13. The minimum absolute atomic E-state index is 0.0631. The van der Waals surface area contributed by atoms with Crippen molar-refractivity contribution in [1.29, 1.82) is 0 Å². The van der Waals surface area contributed by atoms with Crippen LogP contribution >= 0.6 is 0 Å². The van der Waals surface area contributed by atoms with Gasteiger partial charge in [-0.1, -0.05) is 0 Å². The Kier molecular flexibility index (Phi) is 4.26. The number of anilines is 1. The zero-order chi connectivity index (χ0) is 18.1. The van der Waals surface area contributed by atoms with Crippen LogP contribution in [0.4, 0.5) is 14.5 Å². The minimum Gasteiger partial charge on any atom is -0.322 e. The Bertz CT molecular complexity index is 965. The second-order valence-corrected chi connectivity index (χ2v) is 5.50. The van der Waals surface area contributed by atoms with Crippen LogP contribution in [0, 0.1) is 6.92 Å². The third-order valence-electron chi connectivity index (χ3n) is 3.64. The van der Waals surface area contributed by atoms with E-state index in [0.717, 1.165) is 4.52 Å². The first-order valence-electron chi connectivity index (χ1n) is 7.42. The summed E-state index contributed by atoms with van der Waals surface area (Å²) in [5, 5.41) is 6.49. The van der Waals surface area contributed by atoms with Gasteiger partial charge in [0.2, 0.25) is 0 Å². The van der Waals surface area contributed by atoms with Gasteiger partial charge in [0.25, 0.3) is 12.3 Å². The zero-order valence-corrected chi connectivity index (χ0v) is 13.5. The van der Waals surface area contributed by atoms with E-state index < -0.39 is 12.3 Å². The van der Waals surface area contributed by atoms with Gasteiger partial charge in [0.1, 0.15) is 11.3 Å². The molecule has 8 heteroatoms. The van der Waals surface area contributed by atoms with Crippen LogP contribution in [0.3, 0.4) is 0 Å². The second kappa shape index (κ2) is 6.39. The fraction of sp³-hybridized carbons (Fsp3) is 0.176. The quantitative estimate of drug-likeness (QED) is 0.736. The third-order valence-corrected chi connectivity index (χ3v) is 3.64. The van der Waals surface area contributed by atoms with Gasteiger partial charge in [-0.2, -0.15) is 5.10 Å². The van der Waals surface area contributed by atoms with Crippen molar-refractivity contribution in [3.05, 3.63) is 59.0 Å². The van der Waals surface area contributed by atoms with Crippen LogP contribution in [0.25, 0.3) is 5.65 Å². The lowest BCUT2D eigenvalue weighted by Gasteiger charge is -2.07. The molecule has 0 bridgehead atoms. The van der Waals surface area contributed by atoms with Crippen molar-refractivity contribution < 1.29 is 18.4 Å². The molecule has 0 aliphatic heterocycles. The average molecular weight is 344 g/mol. The van der Waals surface area contributed by atoms with Crippen LogP contribution in [0.15, 0.2) is 36.5 Å². The Labute approximate surface area is 141 Å². The maximum Gasteiger partial charge on any atom is 0.280 e. The van der Waals surface area contributed by atoms with Gasteiger partial charge in [-0.15, -0.1) is 0 Å². The Hall–Kier alpha value is -3.16. The van der Waals surface area contributed by atoms with Gasteiger partial charge < -0.3 is 5.32 Å². The molecule has 0 atom stereocenters. The molecule has 0 aliphatic carbocycles. The van der Waals surface area contributed by atoms with Gasteiger partial charge >= 0.3 is 0 Å². The number of Topliss-reactive ketones (excluding diaryl/α,β-unsaturated/α-hetero) is 1. The SMILES string of the molecule is CC(=O)c1ccc(NC(=O)c2cnn3c(C(F)F)cc(C)nc23)cc1. The molecule has 1 amide bonds. The van der Waals surface area contributed by atoms with E-state index in [1.165, 1.54) is 19.2 Å². The number of benzene rings is 1. The summed E-state index contributed by atoms with van der Waals surface area (Å²) in [4.78, 5) is 27.8. The summed E-state index contributed by atoms with van der Waals surface area (Å²) in [6.07, 6.45) is -1.54. The zero-order valence-electron chi connectivity index (χ0n) is 13.5. The highest BCUT2D eigenvalue weighted by Gasteiger charge is 2.20. The molecule has 128 valence electrons. The van der Waals surface area contributed by atoms with Crippen LogP contribution in [-0.2, 0) is 0 Å². The molecule has 0 unspecified atom stereocenters. The topological polar surface area (TPSA) is 76.4 Å². The minimum atomic E-state index is -2.74. The first-order chi connectivity index (χ1) is 11.9. The highest BCUT2D eigenvalue weighted by atomic mass is 19.3. The summed E-state index contributed by atoms with van der Waals surface area (Å²) in [6.45, 7) is 3.02. The molecular formula is C17H14F2N4O2. The smallest absolute Gasteiger partial charge is 0.280 e. The number of aryl methyl sites for hydroxylation is 1. The second-order valence-electron chi connectivity index (χ2n) is 5.50. The van der Waals surface area contributed by atoms with E-state index >= 15 is 0 Å². The average Bonchev–Trinajstić information content (AvgIpc) is 2.98. The van der Waals surface area contributed by atoms with Crippen LogP contribution in [0.1, 0.15) is 45.5 Å². The molecule has 1 aromatic carbocycles. The van der Waals surface area contributed by atoms with E-state index in [4.69, 9.17) is 0 Å². The number of nitrogens with one attached hydrogen (secondary N) is 1. The maximum absolute atomic E-state index is 13.1. The van der Waals surface area contributed by atoms with E-state index in [9.17, 15) is 18.4 Å². The number of ketones is 1. The van der Waals surface area contributed by atoms with Crippen LogP contribution in [0.2, 0.25) is 0 Å². The fourth-order valence-corrected chi connectivity index (χ4v) is 2.42. The summed E-state index contributed by atoms with van der Waals surface area (Å²) in [6, 6.07) is 7.58. The van der Waals surface area contributed by atoms with E-state index in [1.807, 2.05) is 0 Å². The number of aromatic nitrogens is 3. The first-order valence-corrected chi connectivity index (χ1v) is 7.42. The van der Waals surface area contributed by atoms with Gasteiger partial charge in [-0.25, -0.2) is 18.3 Å². The van der Waals surface area contributed by atoms with Crippen molar-refractivity contribution in [2.24, 2.45) is 0 Å². The summed E-state index contributed by atoms with van der Waals surface area (Å²) >= 11 is 0. The predicted molar refractivity (Wildman–Crippen MR) is 87.1 cm³/mol. The number of halogens is 2. The van der Waals surface area contributed by atoms with E-state index in [-0.39, 0.29) is 22.7 Å². The number of carbonyl (C=O) groups excluding carboxylic acids is 2. The van der Waals surface area contributed by atoms with Crippen molar-refractivity contribution in [3.63, 3.8) is 0 Å². The van der Waals surface area contributed by atoms with Gasteiger partial charge in [-0.05, 0) is 44.2 Å². The lowest BCUT2D eigenvalue weighted by molar-refractivity contribution is 0.101. The molecule has 0 fully saturated rings. The molecule has 0 spiro atoms. The van der Waals surface area contributed by atoms with Gasteiger partial charge in [0.05, 0.1) is 6.20 Å². The van der Waals surface area contributed by atoms with Crippen LogP contribution in [-0.4, -0.2) is 26.3 Å². The molecule has 0 aliphatic rings. The molecule has 1 N–H and O–H groups in total. The number of fused-ring (bicyclic) bond motifs is 1. The molecular weight excluding hydrogens is 330 g/mol. The number of alkyl halides is 2. The molecule has 3 rings (SSSR count). The molecule has 0 saturated heterocycles. The lowest BCUT2D eigenvalue weighted by atomic mass is 10.1. The maximum atomic E-state index is 13.1. The van der Waals surface area contributed by atoms with Crippen LogP contribution in [0.5, 0.6) is 0 Å². The number of hydrogen-bond acceptors (Lipinski definition) is 4. The van der Waals surface area contributed by atoms with Crippen LogP contribution < -0.4 is 5.32 Å². The fourth-order valence-electron chi connectivity index (χ4n) is 2.42. The number of amides is 1. The van der Waals surface area contributed by atoms with Gasteiger partial charge in [-0.3, -0.25) is 9.59 Å². The van der Waals surface area contributed by atoms with E-state index in [1.54, 1.807) is 31.2 Å². The predicted octanol–water partition coefficient (Wildman–Crippen LogP) is 3.43. The molecule has 3 aromatic rings. The van der Waals surface area contributed by atoms with Crippen molar-refractivity contribution in [1.82, 2.24) is 14.6 Å². The normalized spacial score (nSPS) is 11.1. The van der Waals surface area contributed by atoms with E-state index in [0.29, 0.717) is 16.9 Å². The highest BCUT2D eigenvalue weighted by molar-refractivity contribution is 6.08. The summed E-state index contributed by atoms with van der Waals surface area (Å²) < 4.78 is 27.2. The Balaban J connectivity index is 1.93. The molecule has 2 aromatic heterocycles. The molecule has 6 nitrogen and oxygen atoms in total. The van der Waals surface area contributed by atoms with Crippen molar-refractivity contribution in [2.45, 2.75) is 20.3 Å². The standard InChI is InChI=1S/C17H14F2N4O2/c1-9-7-14(15(18)19)23-16(21-9)13(8-20-23)17(25)22-12-5-3-11(4-6-12)10(2)24/h3-8,15H,1-2H3,(H,22,25). The number of carbonyl (C=O) groups is 2. The Morgan fingerprint density at radius 2 is 1.88 bits per heavy atom. The summed E-state index contributed by atoms with van der Waals surface area (Å²) in [5.74, 6) is -0.608. The molecule has 25 heavy (non-hydrogen) atoms. The molecule has 0 saturated carbocycles. The monoisotopic (exact) mass is 344 g/mol. The number of hydrogen-bond donors (Lipinski definition) is 1.